The molecule has 0 amide bonds. The van der Waals surface area contributed by atoms with Gasteiger partial charge in [0.2, 0.25) is 0 Å². The molecule has 10 aromatic carbocycles. The van der Waals surface area contributed by atoms with Gasteiger partial charge in [0.15, 0.2) is 0 Å². The van der Waals surface area contributed by atoms with Crippen molar-refractivity contribution in [1.82, 2.24) is 9.13 Å². The highest BCUT2D eigenvalue weighted by atomic mass is 16.3. The molecule has 0 radical (unpaired) electrons. The predicted molar refractivity (Wildman–Crippen MR) is 240 cm³/mol. The molecule has 3 heterocycles. The normalized spacial score (nSPS) is 12.2. The Labute approximate surface area is 326 Å². The number of hydrogen-bond acceptors (Lipinski definition) is 1. The van der Waals surface area contributed by atoms with Gasteiger partial charge in [0.25, 0.3) is 0 Å². The number of benzene rings is 10. The molecule has 0 aliphatic heterocycles. The van der Waals surface area contributed by atoms with Gasteiger partial charge in [-0.25, -0.2) is 0 Å². The van der Waals surface area contributed by atoms with Crippen LogP contribution >= 0.6 is 0 Å². The summed E-state index contributed by atoms with van der Waals surface area (Å²) in [6, 6.07) is 70.8. The van der Waals surface area contributed by atoms with E-state index in [1.54, 1.807) is 0 Å². The van der Waals surface area contributed by atoms with Gasteiger partial charge in [-0.3, -0.25) is 0 Å². The molecule has 0 N–H and O–H groups in total. The maximum Gasteiger partial charge on any atom is 0.137 e. The quantitative estimate of drug-likeness (QED) is 0.166. The number of aromatic nitrogens is 2. The molecule has 13 rings (SSSR count). The number of nitrogens with zero attached hydrogens (tertiary/aromatic N) is 2. The van der Waals surface area contributed by atoms with Gasteiger partial charge < -0.3 is 13.6 Å². The zero-order valence-electron chi connectivity index (χ0n) is 30.8. The van der Waals surface area contributed by atoms with E-state index >= 15 is 0 Å². The van der Waals surface area contributed by atoms with E-state index in [2.05, 4.69) is 191 Å². The van der Waals surface area contributed by atoms with Crippen LogP contribution in [0, 0.1) is 0 Å². The third kappa shape index (κ3) is 4.26. The second-order valence-corrected chi connectivity index (χ2v) is 15.2. The number of fused-ring (bicyclic) bond motifs is 16. The van der Waals surface area contributed by atoms with Crippen LogP contribution in [-0.4, -0.2) is 9.13 Å². The summed E-state index contributed by atoms with van der Waals surface area (Å²) >= 11 is 0. The number of rotatable bonds is 3. The second kappa shape index (κ2) is 11.5. The van der Waals surface area contributed by atoms with Gasteiger partial charge in [-0.15, -0.1) is 0 Å². The molecule has 57 heavy (non-hydrogen) atoms. The number of para-hydroxylation sites is 3. The fourth-order valence-electron chi connectivity index (χ4n) is 9.84. The van der Waals surface area contributed by atoms with Crippen molar-refractivity contribution in [2.45, 2.75) is 0 Å². The summed E-state index contributed by atoms with van der Waals surface area (Å²) in [6.07, 6.45) is 0. The van der Waals surface area contributed by atoms with E-state index < -0.39 is 0 Å². The molecule has 0 aliphatic rings. The summed E-state index contributed by atoms with van der Waals surface area (Å²) in [6.45, 7) is 0. The number of furan rings is 1. The summed E-state index contributed by atoms with van der Waals surface area (Å²) < 4.78 is 11.2. The lowest BCUT2D eigenvalue weighted by atomic mass is 9.92. The lowest BCUT2D eigenvalue weighted by Gasteiger charge is -2.13. The summed E-state index contributed by atoms with van der Waals surface area (Å²) in [7, 11) is 0. The first kappa shape index (κ1) is 30.7. The van der Waals surface area contributed by atoms with Crippen molar-refractivity contribution in [3.8, 4) is 22.5 Å². The zero-order chi connectivity index (χ0) is 37.2. The first-order valence-corrected chi connectivity index (χ1v) is 19.6. The Hall–Kier alpha value is -7.62. The van der Waals surface area contributed by atoms with Crippen LogP contribution in [0.1, 0.15) is 0 Å². The topological polar surface area (TPSA) is 23.0 Å². The molecule has 13 aromatic rings. The van der Waals surface area contributed by atoms with Crippen molar-refractivity contribution in [1.29, 1.82) is 0 Å². The summed E-state index contributed by atoms with van der Waals surface area (Å²) in [5, 5.41) is 15.0. The highest BCUT2D eigenvalue weighted by Gasteiger charge is 2.21. The van der Waals surface area contributed by atoms with E-state index in [1.165, 1.54) is 87.1 Å². The Morgan fingerprint density at radius 3 is 1.39 bits per heavy atom. The summed E-state index contributed by atoms with van der Waals surface area (Å²) in [5.74, 6) is 0. The molecular weight excluding hydrogens is 693 g/mol. The second-order valence-electron chi connectivity index (χ2n) is 15.2. The molecule has 0 fully saturated rings. The van der Waals surface area contributed by atoms with Crippen LogP contribution in [0.2, 0.25) is 0 Å². The smallest absolute Gasteiger partial charge is 0.137 e. The van der Waals surface area contributed by atoms with Gasteiger partial charge in [-0.1, -0.05) is 127 Å². The van der Waals surface area contributed by atoms with Gasteiger partial charge in [0, 0.05) is 49.8 Å². The predicted octanol–water partition coefficient (Wildman–Crippen LogP) is 14.9. The molecule has 3 aromatic heterocycles. The summed E-state index contributed by atoms with van der Waals surface area (Å²) in [5.41, 5.74) is 11.1. The lowest BCUT2D eigenvalue weighted by molar-refractivity contribution is 0.668. The molecule has 0 unspecified atom stereocenters. The molecule has 0 saturated heterocycles. The van der Waals surface area contributed by atoms with Gasteiger partial charge in [0.05, 0.1) is 22.1 Å². The number of hydrogen-bond donors (Lipinski definition) is 0. The molecule has 0 atom stereocenters. The lowest BCUT2D eigenvalue weighted by Crippen LogP contribution is -1.95. The van der Waals surface area contributed by atoms with Crippen molar-refractivity contribution >= 4 is 97.9 Å². The average molecular weight is 725 g/mol. The van der Waals surface area contributed by atoms with E-state index in [0.717, 1.165) is 33.3 Å². The SMILES string of the molecule is c1cc(-c2ccc3c4ccccc4c4ccccc4c3c2)cc(-n2c3ccccc3c3c4c5ccccc5n(-c5ccc6c(c5)oc5ccccc56)c4ccc32)c1. The fourth-order valence-corrected chi connectivity index (χ4v) is 9.84. The van der Waals surface area contributed by atoms with Gasteiger partial charge in [0.1, 0.15) is 11.2 Å². The monoisotopic (exact) mass is 724 g/mol. The molecule has 0 saturated carbocycles. The van der Waals surface area contributed by atoms with Crippen LogP contribution < -0.4 is 0 Å². The van der Waals surface area contributed by atoms with Crippen molar-refractivity contribution in [2.24, 2.45) is 0 Å². The van der Waals surface area contributed by atoms with Gasteiger partial charge in [-0.2, -0.15) is 0 Å². The summed E-state index contributed by atoms with van der Waals surface area (Å²) in [4.78, 5) is 0. The highest BCUT2D eigenvalue weighted by molar-refractivity contribution is 6.29. The molecule has 0 spiro atoms. The van der Waals surface area contributed by atoms with Crippen LogP contribution in [0.25, 0.3) is 120 Å². The zero-order valence-corrected chi connectivity index (χ0v) is 30.8. The van der Waals surface area contributed by atoms with E-state index in [9.17, 15) is 0 Å². The van der Waals surface area contributed by atoms with Crippen LogP contribution in [0.5, 0.6) is 0 Å². The minimum Gasteiger partial charge on any atom is -0.456 e. The van der Waals surface area contributed by atoms with E-state index in [-0.39, 0.29) is 0 Å². The van der Waals surface area contributed by atoms with Gasteiger partial charge >= 0.3 is 0 Å². The Kier molecular flexibility index (Phi) is 6.16. The third-order valence-corrected chi connectivity index (χ3v) is 12.3. The molecule has 3 heteroatoms. The van der Waals surface area contributed by atoms with Crippen LogP contribution in [0.3, 0.4) is 0 Å². The van der Waals surface area contributed by atoms with E-state index in [4.69, 9.17) is 4.42 Å². The first-order chi connectivity index (χ1) is 28.3. The molecule has 264 valence electrons. The minimum absolute atomic E-state index is 0.894. The maximum absolute atomic E-state index is 6.38. The first-order valence-electron chi connectivity index (χ1n) is 19.6. The Bertz CT molecular complexity index is 3780. The Balaban J connectivity index is 1.03. The van der Waals surface area contributed by atoms with E-state index in [1.807, 2.05) is 12.1 Å². The molecule has 0 bridgehead atoms. The van der Waals surface area contributed by atoms with Crippen LogP contribution in [0.15, 0.2) is 199 Å². The maximum atomic E-state index is 6.38. The van der Waals surface area contributed by atoms with Crippen LogP contribution in [-0.2, 0) is 0 Å². The highest BCUT2D eigenvalue weighted by Crippen LogP contribution is 2.44. The average Bonchev–Trinajstić information content (AvgIpc) is 3.93. The standard InChI is InChI=1S/C54H32N2O/c1-2-16-39-37(14-1)38-15-3-4-17-40(38)46-31-34(24-26-41(39)46)33-12-11-13-35(30-33)55-47-21-8-5-19-44(47)53-49(55)28-29-50-54(53)45-20-6-9-22-48(45)56(50)36-25-27-43-42-18-7-10-23-51(42)57-52(43)32-36/h1-32H. The Morgan fingerprint density at radius 1 is 0.263 bits per heavy atom. The van der Waals surface area contributed by atoms with Crippen molar-refractivity contribution in [3.63, 3.8) is 0 Å². The largest absolute Gasteiger partial charge is 0.456 e. The van der Waals surface area contributed by atoms with E-state index in [0.29, 0.717) is 0 Å². The fraction of sp³-hybridized carbons (Fsp3) is 0. The van der Waals surface area contributed by atoms with Crippen molar-refractivity contribution < 1.29 is 4.42 Å². The van der Waals surface area contributed by atoms with Crippen molar-refractivity contribution in [3.05, 3.63) is 194 Å². The van der Waals surface area contributed by atoms with Crippen LogP contribution in [0.4, 0.5) is 0 Å². The Morgan fingerprint density at radius 2 is 0.737 bits per heavy atom. The van der Waals surface area contributed by atoms with Crippen molar-refractivity contribution in [2.75, 3.05) is 0 Å². The van der Waals surface area contributed by atoms with Gasteiger partial charge in [-0.05, 0) is 104 Å². The molecular formula is C54H32N2O. The third-order valence-electron chi connectivity index (χ3n) is 12.3. The molecule has 3 nitrogen and oxygen atoms in total. The minimum atomic E-state index is 0.894. The molecule has 0 aliphatic carbocycles.